The fourth-order valence-corrected chi connectivity index (χ4v) is 4.37. The van der Waals surface area contributed by atoms with Gasteiger partial charge in [0.15, 0.2) is 5.76 Å². The molecular formula is C28H28N4O4. The standard InChI is InChI=1S/C28H28N4O4/c1-31-14-5-15-32(17-16-31)21-12-10-19(11-13-21)27(34)30-26-22(7-4-8-23(26)33)29-28(35)25-18-20-6-2-3-9-24(20)36-25/h2-4,6-13,18,33H,5,14-17H2,1H3,(H,29,35)(H,30,34). The summed E-state index contributed by atoms with van der Waals surface area (Å²) < 4.78 is 5.63. The van der Waals surface area contributed by atoms with E-state index in [1.165, 1.54) is 6.07 Å². The highest BCUT2D eigenvalue weighted by atomic mass is 16.3. The van der Waals surface area contributed by atoms with Crippen LogP contribution in [0.25, 0.3) is 11.0 Å². The number of carbonyl (C=O) groups excluding carboxylic acids is 2. The van der Waals surface area contributed by atoms with Crippen molar-refractivity contribution in [3.63, 3.8) is 0 Å². The Morgan fingerprint density at radius 2 is 1.67 bits per heavy atom. The zero-order chi connectivity index (χ0) is 25.1. The second-order valence-corrected chi connectivity index (χ2v) is 8.95. The van der Waals surface area contributed by atoms with Crippen LogP contribution in [0.4, 0.5) is 17.1 Å². The van der Waals surface area contributed by atoms with Crippen LogP contribution in [0.1, 0.15) is 27.3 Å². The van der Waals surface area contributed by atoms with Crippen LogP contribution >= 0.6 is 0 Å². The lowest BCUT2D eigenvalue weighted by molar-refractivity contribution is 0.0995. The summed E-state index contributed by atoms with van der Waals surface area (Å²) in [6, 6.07) is 21.0. The van der Waals surface area contributed by atoms with Crippen LogP contribution < -0.4 is 15.5 Å². The van der Waals surface area contributed by atoms with Crippen molar-refractivity contribution < 1.29 is 19.1 Å². The third kappa shape index (κ3) is 5.04. The summed E-state index contributed by atoms with van der Waals surface area (Å²) >= 11 is 0. The van der Waals surface area contributed by atoms with Crippen molar-refractivity contribution in [1.29, 1.82) is 0 Å². The number of hydrogen-bond donors (Lipinski definition) is 3. The Hall–Kier alpha value is -4.30. The number of phenols is 1. The minimum atomic E-state index is -0.486. The van der Waals surface area contributed by atoms with E-state index in [0.29, 0.717) is 11.1 Å². The van der Waals surface area contributed by atoms with Gasteiger partial charge in [-0.3, -0.25) is 9.59 Å². The molecule has 0 saturated carbocycles. The minimum absolute atomic E-state index is 0.117. The number of para-hydroxylation sites is 2. The molecule has 0 aliphatic carbocycles. The minimum Gasteiger partial charge on any atom is -0.506 e. The molecule has 1 fully saturated rings. The number of rotatable bonds is 5. The van der Waals surface area contributed by atoms with Gasteiger partial charge in [-0.1, -0.05) is 24.3 Å². The molecule has 2 heterocycles. The van der Waals surface area contributed by atoms with Gasteiger partial charge in [0.25, 0.3) is 11.8 Å². The van der Waals surface area contributed by atoms with Gasteiger partial charge >= 0.3 is 0 Å². The summed E-state index contributed by atoms with van der Waals surface area (Å²) in [5, 5.41) is 16.7. The van der Waals surface area contributed by atoms with Crippen molar-refractivity contribution in [2.45, 2.75) is 6.42 Å². The summed E-state index contributed by atoms with van der Waals surface area (Å²) in [4.78, 5) is 30.5. The molecule has 3 N–H and O–H groups in total. The molecule has 8 nitrogen and oxygen atoms in total. The first-order valence-corrected chi connectivity index (χ1v) is 11.9. The van der Waals surface area contributed by atoms with E-state index < -0.39 is 11.8 Å². The Kier molecular flexibility index (Phi) is 6.60. The number of nitrogens with one attached hydrogen (secondary N) is 2. The van der Waals surface area contributed by atoms with Crippen molar-refractivity contribution in [1.82, 2.24) is 4.90 Å². The van der Waals surface area contributed by atoms with Gasteiger partial charge in [-0.15, -0.1) is 0 Å². The van der Waals surface area contributed by atoms with E-state index in [1.54, 1.807) is 36.4 Å². The highest BCUT2D eigenvalue weighted by Gasteiger charge is 2.18. The summed E-state index contributed by atoms with van der Waals surface area (Å²) in [6.45, 7) is 3.99. The van der Waals surface area contributed by atoms with E-state index in [2.05, 4.69) is 27.5 Å². The average Bonchev–Trinajstić information content (AvgIpc) is 3.21. The van der Waals surface area contributed by atoms with Gasteiger partial charge in [0.1, 0.15) is 17.0 Å². The first-order chi connectivity index (χ1) is 17.5. The van der Waals surface area contributed by atoms with Crippen LogP contribution in [-0.4, -0.2) is 55.0 Å². The van der Waals surface area contributed by atoms with E-state index in [-0.39, 0.29) is 22.9 Å². The van der Waals surface area contributed by atoms with E-state index in [4.69, 9.17) is 4.42 Å². The van der Waals surface area contributed by atoms with Gasteiger partial charge in [0.2, 0.25) is 0 Å². The molecule has 0 unspecified atom stereocenters. The van der Waals surface area contributed by atoms with Gasteiger partial charge in [-0.25, -0.2) is 0 Å². The molecule has 0 atom stereocenters. The smallest absolute Gasteiger partial charge is 0.291 e. The third-order valence-electron chi connectivity index (χ3n) is 6.39. The maximum Gasteiger partial charge on any atom is 0.291 e. The van der Waals surface area contributed by atoms with Crippen molar-refractivity contribution in [3.05, 3.63) is 84.1 Å². The van der Waals surface area contributed by atoms with Crippen LogP contribution in [0.5, 0.6) is 5.75 Å². The molecule has 2 amide bonds. The maximum atomic E-state index is 13.0. The van der Waals surface area contributed by atoms with Crippen LogP contribution in [0, 0.1) is 0 Å². The zero-order valence-corrected chi connectivity index (χ0v) is 20.0. The Balaban J connectivity index is 1.31. The number of furan rings is 1. The van der Waals surface area contributed by atoms with Crippen LogP contribution in [-0.2, 0) is 0 Å². The second kappa shape index (κ2) is 10.1. The lowest BCUT2D eigenvalue weighted by Gasteiger charge is -2.23. The fraction of sp³-hybridized carbons (Fsp3) is 0.214. The number of likely N-dealkylation sites (N-methyl/N-ethyl adjacent to an activating group) is 1. The van der Waals surface area contributed by atoms with E-state index in [9.17, 15) is 14.7 Å². The molecule has 184 valence electrons. The number of fused-ring (bicyclic) bond motifs is 1. The number of phenolic OH excluding ortho intramolecular Hbond substituents is 1. The van der Waals surface area contributed by atoms with Gasteiger partial charge in [0.05, 0.1) is 5.69 Å². The number of anilines is 3. The molecule has 1 saturated heterocycles. The molecule has 4 aromatic rings. The molecule has 36 heavy (non-hydrogen) atoms. The van der Waals surface area contributed by atoms with Crippen molar-refractivity contribution in [3.8, 4) is 5.75 Å². The quantitative estimate of drug-likeness (QED) is 0.353. The van der Waals surface area contributed by atoms with Crippen LogP contribution in [0.2, 0.25) is 0 Å². The number of benzene rings is 3. The lowest BCUT2D eigenvalue weighted by atomic mass is 10.1. The monoisotopic (exact) mass is 484 g/mol. The Labute approximate surface area is 209 Å². The molecule has 1 aliphatic heterocycles. The SMILES string of the molecule is CN1CCCN(c2ccc(C(=O)Nc3c(O)cccc3NC(=O)c3cc4ccccc4o3)cc2)CC1. The molecule has 8 heteroatoms. The molecule has 1 aliphatic rings. The van der Waals surface area contributed by atoms with Gasteiger partial charge < -0.3 is 30.0 Å². The lowest BCUT2D eigenvalue weighted by Crippen LogP contribution is -2.28. The number of nitrogens with zero attached hydrogens (tertiary/aromatic N) is 2. The largest absolute Gasteiger partial charge is 0.506 e. The van der Waals surface area contributed by atoms with Crippen molar-refractivity contribution >= 4 is 39.8 Å². The van der Waals surface area contributed by atoms with Crippen LogP contribution in [0.3, 0.4) is 0 Å². The molecule has 0 bridgehead atoms. The predicted molar refractivity (Wildman–Crippen MR) is 141 cm³/mol. The fourth-order valence-electron chi connectivity index (χ4n) is 4.37. The van der Waals surface area contributed by atoms with E-state index >= 15 is 0 Å². The van der Waals surface area contributed by atoms with Gasteiger partial charge in [0, 0.05) is 36.3 Å². The normalized spacial score (nSPS) is 14.4. The van der Waals surface area contributed by atoms with Crippen molar-refractivity contribution in [2.24, 2.45) is 0 Å². The van der Waals surface area contributed by atoms with E-state index in [1.807, 2.05) is 30.3 Å². The maximum absolute atomic E-state index is 13.0. The first-order valence-electron chi connectivity index (χ1n) is 11.9. The summed E-state index contributed by atoms with van der Waals surface area (Å²) in [5.74, 6) is -0.902. The van der Waals surface area contributed by atoms with Crippen LogP contribution in [0.15, 0.2) is 77.2 Å². The number of amides is 2. The predicted octanol–water partition coefficient (Wildman–Crippen LogP) is 4.78. The second-order valence-electron chi connectivity index (χ2n) is 8.95. The molecule has 0 radical (unpaired) electrons. The Bertz CT molecular complexity index is 1360. The molecule has 0 spiro atoms. The average molecular weight is 485 g/mol. The summed E-state index contributed by atoms with van der Waals surface area (Å²) in [7, 11) is 2.13. The Morgan fingerprint density at radius 1 is 0.861 bits per heavy atom. The van der Waals surface area contributed by atoms with Gasteiger partial charge in [-0.05, 0) is 68.5 Å². The first kappa shape index (κ1) is 23.4. The topological polar surface area (TPSA) is 98.0 Å². The third-order valence-corrected chi connectivity index (χ3v) is 6.39. The Morgan fingerprint density at radius 3 is 2.47 bits per heavy atom. The molecule has 5 rings (SSSR count). The number of hydrogen-bond acceptors (Lipinski definition) is 6. The number of aromatic hydroxyl groups is 1. The summed E-state index contributed by atoms with van der Waals surface area (Å²) in [6.07, 6.45) is 1.09. The highest BCUT2D eigenvalue weighted by Crippen LogP contribution is 2.33. The van der Waals surface area contributed by atoms with Crippen molar-refractivity contribution in [2.75, 3.05) is 48.8 Å². The van der Waals surface area contributed by atoms with E-state index in [0.717, 1.165) is 43.7 Å². The zero-order valence-electron chi connectivity index (χ0n) is 20.0. The molecule has 3 aromatic carbocycles. The number of carbonyl (C=O) groups is 2. The molecule has 1 aromatic heterocycles. The summed E-state index contributed by atoms with van der Waals surface area (Å²) in [5.41, 5.74) is 2.50. The van der Waals surface area contributed by atoms with Gasteiger partial charge in [-0.2, -0.15) is 0 Å². The highest BCUT2D eigenvalue weighted by molar-refractivity contribution is 6.11. The molecular weight excluding hydrogens is 456 g/mol.